The van der Waals surface area contributed by atoms with Crippen molar-refractivity contribution in [3.8, 4) is 0 Å². The number of methoxy groups -OCH3 is 1. The first-order valence-electron chi connectivity index (χ1n) is 4.15. The molecule has 0 fully saturated rings. The van der Waals surface area contributed by atoms with Gasteiger partial charge in [0.05, 0.1) is 13.5 Å². The van der Waals surface area contributed by atoms with Gasteiger partial charge in [0.15, 0.2) is 0 Å². The lowest BCUT2D eigenvalue weighted by Crippen LogP contribution is -2.09. The van der Waals surface area contributed by atoms with Crippen LogP contribution < -0.4 is 0 Å². The van der Waals surface area contributed by atoms with E-state index in [1.165, 1.54) is 0 Å². The zero-order valence-corrected chi connectivity index (χ0v) is 9.72. The molecule has 0 N–H and O–H groups in total. The number of pyridine rings is 1. The molecular formula is C9H7BrF3NO2. The lowest BCUT2D eigenvalue weighted by atomic mass is 10.2. The molecule has 3 nitrogen and oxygen atoms in total. The van der Waals surface area contributed by atoms with E-state index < -0.39 is 23.9 Å². The van der Waals surface area contributed by atoms with Crippen molar-refractivity contribution in [2.75, 3.05) is 7.11 Å². The lowest BCUT2D eigenvalue weighted by molar-refractivity contribution is -0.139. The molecule has 16 heavy (non-hydrogen) atoms. The van der Waals surface area contributed by atoms with E-state index >= 15 is 0 Å². The molecule has 0 unspecified atom stereocenters. The molecule has 0 saturated heterocycles. The first-order chi connectivity index (χ1) is 7.45. The van der Waals surface area contributed by atoms with Crippen LogP contribution in [0.25, 0.3) is 0 Å². The van der Waals surface area contributed by atoms with Crippen molar-refractivity contribution in [3.05, 3.63) is 27.7 Å². The van der Waals surface area contributed by atoms with Crippen molar-refractivity contribution in [2.45, 2.75) is 12.8 Å². The van der Waals surface area contributed by atoms with Crippen LogP contribution in [0.5, 0.6) is 0 Å². The van der Waals surface area contributed by atoms with Crippen LogP contribution in [-0.2, 0) is 16.0 Å². The minimum atomic E-state index is -2.86. The first kappa shape index (κ1) is 13.0. The highest BCUT2D eigenvalue weighted by atomic mass is 79.9. The zero-order valence-electron chi connectivity index (χ0n) is 8.14. The fourth-order valence-electron chi connectivity index (χ4n) is 1.01. The van der Waals surface area contributed by atoms with Crippen LogP contribution in [0.3, 0.4) is 0 Å². The van der Waals surface area contributed by atoms with Crippen molar-refractivity contribution < 1.29 is 22.7 Å². The maximum atomic E-state index is 13.4. The average molecular weight is 298 g/mol. The standard InChI is InChI=1S/C9H7BrF3NO2/c1-16-7(15)2-4-5(11)3-6(9(12)13)14-8(4)10/h3,9H,2H2,1H3. The minimum absolute atomic E-state index is 0.101. The van der Waals surface area contributed by atoms with Gasteiger partial charge in [-0.2, -0.15) is 0 Å². The van der Waals surface area contributed by atoms with Crippen molar-refractivity contribution in [3.63, 3.8) is 0 Å². The molecule has 0 aromatic carbocycles. The van der Waals surface area contributed by atoms with Crippen LogP contribution in [-0.4, -0.2) is 18.1 Å². The summed E-state index contributed by atoms with van der Waals surface area (Å²) in [7, 11) is 1.15. The normalized spacial score (nSPS) is 10.6. The number of carbonyl (C=O) groups excluding carboxylic acids is 1. The van der Waals surface area contributed by atoms with Crippen LogP contribution in [0.2, 0.25) is 0 Å². The summed E-state index contributed by atoms with van der Waals surface area (Å²) in [5, 5.41) is 0. The number of hydrogen-bond acceptors (Lipinski definition) is 3. The smallest absolute Gasteiger partial charge is 0.310 e. The van der Waals surface area contributed by atoms with Gasteiger partial charge >= 0.3 is 5.97 Å². The molecule has 1 heterocycles. The third-order valence-corrected chi connectivity index (χ3v) is 2.47. The van der Waals surface area contributed by atoms with Gasteiger partial charge in [-0.3, -0.25) is 4.79 Å². The Labute approximate surface area is 97.8 Å². The van der Waals surface area contributed by atoms with Gasteiger partial charge < -0.3 is 4.74 Å². The van der Waals surface area contributed by atoms with Crippen molar-refractivity contribution in [2.24, 2.45) is 0 Å². The summed E-state index contributed by atoms with van der Waals surface area (Å²) in [5.41, 5.74) is -0.783. The molecule has 7 heteroatoms. The number of aromatic nitrogens is 1. The number of rotatable bonds is 3. The van der Waals surface area contributed by atoms with E-state index in [-0.39, 0.29) is 16.6 Å². The Hall–Kier alpha value is -1.11. The topological polar surface area (TPSA) is 39.2 Å². The summed E-state index contributed by atoms with van der Waals surface area (Å²) in [6, 6.07) is 0.605. The Morgan fingerprint density at radius 3 is 2.69 bits per heavy atom. The molecule has 0 aliphatic rings. The van der Waals surface area contributed by atoms with Gasteiger partial charge in [0, 0.05) is 11.6 Å². The number of carbonyl (C=O) groups is 1. The molecule has 1 aromatic rings. The third kappa shape index (κ3) is 2.94. The van der Waals surface area contributed by atoms with Gasteiger partial charge in [-0.15, -0.1) is 0 Å². The van der Waals surface area contributed by atoms with E-state index in [4.69, 9.17) is 0 Å². The molecule has 0 spiro atoms. The Balaban J connectivity index is 3.07. The van der Waals surface area contributed by atoms with E-state index in [0.717, 1.165) is 7.11 Å². The number of hydrogen-bond donors (Lipinski definition) is 0. The second-order valence-electron chi connectivity index (χ2n) is 2.85. The largest absolute Gasteiger partial charge is 0.469 e. The van der Waals surface area contributed by atoms with E-state index in [1.54, 1.807) is 0 Å². The summed E-state index contributed by atoms with van der Waals surface area (Å²) in [6.45, 7) is 0. The van der Waals surface area contributed by atoms with Gasteiger partial charge in [0.25, 0.3) is 6.43 Å². The molecule has 0 atom stereocenters. The number of halogens is 4. The highest BCUT2D eigenvalue weighted by molar-refractivity contribution is 9.10. The molecular weight excluding hydrogens is 291 g/mol. The predicted molar refractivity (Wildman–Crippen MR) is 52.6 cm³/mol. The van der Waals surface area contributed by atoms with Gasteiger partial charge in [0.2, 0.25) is 0 Å². The maximum absolute atomic E-state index is 13.4. The number of nitrogens with zero attached hydrogens (tertiary/aromatic N) is 1. The Morgan fingerprint density at radius 1 is 1.62 bits per heavy atom. The van der Waals surface area contributed by atoms with Crippen LogP contribution in [0.4, 0.5) is 13.2 Å². The molecule has 0 aliphatic carbocycles. The van der Waals surface area contributed by atoms with Crippen LogP contribution >= 0.6 is 15.9 Å². The van der Waals surface area contributed by atoms with E-state index in [9.17, 15) is 18.0 Å². The molecule has 0 radical (unpaired) electrons. The fourth-order valence-corrected chi connectivity index (χ4v) is 1.55. The Bertz CT molecular complexity index is 389. The van der Waals surface area contributed by atoms with Gasteiger partial charge in [0.1, 0.15) is 16.1 Å². The van der Waals surface area contributed by atoms with Gasteiger partial charge in [-0.25, -0.2) is 18.2 Å². The highest BCUT2D eigenvalue weighted by Crippen LogP contribution is 2.24. The summed E-state index contributed by atoms with van der Waals surface area (Å²) >= 11 is 2.83. The summed E-state index contributed by atoms with van der Waals surface area (Å²) in [5.74, 6) is -1.59. The third-order valence-electron chi connectivity index (χ3n) is 1.81. The molecule has 0 aliphatic heterocycles. The predicted octanol–water partition coefficient (Wildman–Crippen LogP) is 2.64. The van der Waals surface area contributed by atoms with E-state index in [2.05, 4.69) is 25.7 Å². The SMILES string of the molecule is COC(=O)Cc1c(F)cc(C(F)F)nc1Br. The van der Waals surface area contributed by atoms with Crippen molar-refractivity contribution in [1.29, 1.82) is 0 Å². The fraction of sp³-hybridized carbons (Fsp3) is 0.333. The molecule has 88 valence electrons. The molecule has 1 rings (SSSR count). The average Bonchev–Trinajstić information content (AvgIpc) is 2.22. The molecule has 0 bridgehead atoms. The summed E-state index contributed by atoms with van der Waals surface area (Å²) in [6.07, 6.45) is -3.22. The van der Waals surface area contributed by atoms with Crippen LogP contribution in [0, 0.1) is 5.82 Å². The Kier molecular flexibility index (Phi) is 4.28. The summed E-state index contributed by atoms with van der Waals surface area (Å²) in [4.78, 5) is 14.4. The Morgan fingerprint density at radius 2 is 2.25 bits per heavy atom. The number of esters is 1. The van der Waals surface area contributed by atoms with Crippen molar-refractivity contribution in [1.82, 2.24) is 4.98 Å². The lowest BCUT2D eigenvalue weighted by Gasteiger charge is -2.06. The number of alkyl halides is 2. The van der Waals surface area contributed by atoms with Crippen LogP contribution in [0.15, 0.2) is 10.7 Å². The quantitative estimate of drug-likeness (QED) is 0.636. The molecule has 1 aromatic heterocycles. The second-order valence-corrected chi connectivity index (χ2v) is 3.60. The molecule has 0 saturated carbocycles. The minimum Gasteiger partial charge on any atom is -0.469 e. The maximum Gasteiger partial charge on any atom is 0.310 e. The van der Waals surface area contributed by atoms with Gasteiger partial charge in [-0.1, -0.05) is 0 Å². The van der Waals surface area contributed by atoms with E-state index in [0.29, 0.717) is 6.07 Å². The molecule has 0 amide bonds. The number of ether oxygens (including phenoxy) is 1. The van der Waals surface area contributed by atoms with Gasteiger partial charge in [-0.05, 0) is 15.9 Å². The van der Waals surface area contributed by atoms with Crippen molar-refractivity contribution >= 4 is 21.9 Å². The second kappa shape index (κ2) is 5.29. The highest BCUT2D eigenvalue weighted by Gasteiger charge is 2.18. The van der Waals surface area contributed by atoms with E-state index in [1.807, 2.05) is 0 Å². The first-order valence-corrected chi connectivity index (χ1v) is 4.94. The van der Waals surface area contributed by atoms with Crippen LogP contribution in [0.1, 0.15) is 17.7 Å². The summed E-state index contributed by atoms with van der Waals surface area (Å²) < 4.78 is 42.1. The zero-order chi connectivity index (χ0) is 12.3. The monoisotopic (exact) mass is 297 g/mol.